The van der Waals surface area contributed by atoms with E-state index in [1.807, 2.05) is 0 Å². The van der Waals surface area contributed by atoms with E-state index in [1.54, 1.807) is 0 Å². The molecule has 1 heterocycles. The number of nitrogens with one attached hydrogen (secondary N) is 1. The molecule has 1 atom stereocenters. The van der Waals surface area contributed by atoms with Crippen molar-refractivity contribution in [3.05, 3.63) is 0 Å². The molecule has 0 aromatic heterocycles. The Morgan fingerprint density at radius 3 is 2.72 bits per heavy atom. The van der Waals surface area contributed by atoms with Gasteiger partial charge in [0.25, 0.3) is 0 Å². The van der Waals surface area contributed by atoms with E-state index in [0.29, 0.717) is 6.04 Å². The zero-order chi connectivity index (χ0) is 11.8. The van der Waals surface area contributed by atoms with Crippen LogP contribution in [0.15, 0.2) is 0 Å². The lowest BCUT2D eigenvalue weighted by Crippen LogP contribution is -2.47. The van der Waals surface area contributed by atoms with Crippen molar-refractivity contribution in [1.29, 1.82) is 0 Å². The second-order valence-corrected chi connectivity index (χ2v) is 4.55. The van der Waals surface area contributed by atoms with Gasteiger partial charge in [-0.15, -0.1) is 24.8 Å². The number of unbranched alkanes of at least 4 members (excludes halogenated alkanes) is 1. The van der Waals surface area contributed by atoms with Crippen molar-refractivity contribution in [2.24, 2.45) is 5.73 Å². The minimum Gasteiger partial charge on any atom is -0.353 e. The Morgan fingerprint density at radius 1 is 1.39 bits per heavy atom. The van der Waals surface area contributed by atoms with Crippen LogP contribution < -0.4 is 11.1 Å². The number of amides is 1. The third kappa shape index (κ3) is 7.41. The zero-order valence-corrected chi connectivity index (χ0v) is 12.8. The van der Waals surface area contributed by atoms with Crippen molar-refractivity contribution in [3.8, 4) is 0 Å². The number of nitrogens with two attached hydrogens (primary N) is 1. The van der Waals surface area contributed by atoms with E-state index in [-0.39, 0.29) is 37.3 Å². The van der Waals surface area contributed by atoms with Crippen LogP contribution in [-0.4, -0.2) is 43.0 Å². The Labute approximate surface area is 123 Å². The van der Waals surface area contributed by atoms with Gasteiger partial charge in [0, 0.05) is 12.6 Å². The van der Waals surface area contributed by atoms with Gasteiger partial charge in [0.05, 0.1) is 6.54 Å². The smallest absolute Gasteiger partial charge is 0.233 e. The fourth-order valence-corrected chi connectivity index (χ4v) is 2.25. The highest BCUT2D eigenvalue weighted by atomic mass is 35.5. The molecule has 3 N–H and O–H groups in total. The molecule has 1 saturated heterocycles. The SMILES string of the molecule is CCCCN1CCCCC1CNC(=O)CN.Cl.Cl. The second kappa shape index (κ2) is 12.0. The summed E-state index contributed by atoms with van der Waals surface area (Å²) in [6.07, 6.45) is 6.27. The van der Waals surface area contributed by atoms with E-state index < -0.39 is 0 Å². The number of carbonyl (C=O) groups is 1. The standard InChI is InChI=1S/C12H25N3O.2ClH/c1-2-3-7-15-8-5-4-6-11(15)10-14-12(16)9-13;;/h11H,2-10,13H2,1H3,(H,14,16);2*1H. The molecule has 1 rings (SSSR count). The zero-order valence-electron chi connectivity index (χ0n) is 11.2. The van der Waals surface area contributed by atoms with Crippen molar-refractivity contribution >= 4 is 30.7 Å². The van der Waals surface area contributed by atoms with Crippen LogP contribution in [0.2, 0.25) is 0 Å². The highest BCUT2D eigenvalue weighted by Gasteiger charge is 2.21. The first-order chi connectivity index (χ1) is 7.77. The van der Waals surface area contributed by atoms with E-state index in [9.17, 15) is 4.79 Å². The van der Waals surface area contributed by atoms with Crippen LogP contribution in [0.1, 0.15) is 39.0 Å². The third-order valence-electron chi connectivity index (χ3n) is 3.27. The van der Waals surface area contributed by atoms with Crippen molar-refractivity contribution in [3.63, 3.8) is 0 Å². The van der Waals surface area contributed by atoms with Crippen LogP contribution in [-0.2, 0) is 4.79 Å². The molecule has 110 valence electrons. The molecule has 0 aliphatic carbocycles. The molecule has 0 saturated carbocycles. The molecular formula is C12H27Cl2N3O. The van der Waals surface area contributed by atoms with Crippen molar-refractivity contribution in [2.75, 3.05) is 26.2 Å². The van der Waals surface area contributed by atoms with Crippen molar-refractivity contribution in [1.82, 2.24) is 10.2 Å². The van der Waals surface area contributed by atoms with Crippen LogP contribution in [0.5, 0.6) is 0 Å². The molecule has 0 radical (unpaired) electrons. The summed E-state index contributed by atoms with van der Waals surface area (Å²) < 4.78 is 0. The molecule has 1 aliphatic heterocycles. The first kappa shape index (κ1) is 20.3. The average Bonchev–Trinajstić information content (AvgIpc) is 2.34. The molecule has 4 nitrogen and oxygen atoms in total. The first-order valence-corrected chi connectivity index (χ1v) is 6.48. The van der Waals surface area contributed by atoms with Gasteiger partial charge in [-0.1, -0.05) is 19.8 Å². The average molecular weight is 300 g/mol. The number of halogens is 2. The summed E-state index contributed by atoms with van der Waals surface area (Å²) in [6, 6.07) is 0.524. The van der Waals surface area contributed by atoms with Gasteiger partial charge in [0.1, 0.15) is 0 Å². The van der Waals surface area contributed by atoms with Gasteiger partial charge >= 0.3 is 0 Å². The fourth-order valence-electron chi connectivity index (χ4n) is 2.25. The number of carbonyl (C=O) groups excluding carboxylic acids is 1. The van der Waals surface area contributed by atoms with Crippen LogP contribution in [0.4, 0.5) is 0 Å². The summed E-state index contributed by atoms with van der Waals surface area (Å²) in [5.41, 5.74) is 5.28. The van der Waals surface area contributed by atoms with E-state index in [4.69, 9.17) is 5.73 Å². The maximum absolute atomic E-state index is 11.1. The Hall–Kier alpha value is -0.0300. The predicted octanol–water partition coefficient (Wildman–Crippen LogP) is 1.56. The van der Waals surface area contributed by atoms with E-state index in [0.717, 1.165) is 6.54 Å². The Kier molecular flexibility index (Phi) is 13.6. The molecule has 18 heavy (non-hydrogen) atoms. The molecule has 1 amide bonds. The monoisotopic (exact) mass is 299 g/mol. The summed E-state index contributed by atoms with van der Waals surface area (Å²) in [5.74, 6) is -0.0407. The highest BCUT2D eigenvalue weighted by molar-refractivity contribution is 5.85. The Bertz CT molecular complexity index is 217. The molecule has 1 fully saturated rings. The summed E-state index contributed by atoms with van der Waals surface area (Å²) in [5, 5.41) is 2.90. The third-order valence-corrected chi connectivity index (χ3v) is 3.27. The van der Waals surface area contributed by atoms with Crippen LogP contribution in [0.25, 0.3) is 0 Å². The number of nitrogens with zero attached hydrogens (tertiary/aromatic N) is 1. The minimum atomic E-state index is -0.0407. The lowest BCUT2D eigenvalue weighted by molar-refractivity contribution is -0.120. The lowest BCUT2D eigenvalue weighted by atomic mass is 10.0. The number of piperidine rings is 1. The maximum atomic E-state index is 11.1. The van der Waals surface area contributed by atoms with Crippen LogP contribution in [0, 0.1) is 0 Å². The fraction of sp³-hybridized carbons (Fsp3) is 0.917. The van der Waals surface area contributed by atoms with E-state index in [1.165, 1.54) is 45.2 Å². The van der Waals surface area contributed by atoms with Gasteiger partial charge in [-0.3, -0.25) is 9.69 Å². The molecule has 1 unspecified atom stereocenters. The molecule has 0 aromatic rings. The molecule has 1 aliphatic rings. The normalized spacial score (nSPS) is 19.6. The molecule has 6 heteroatoms. The summed E-state index contributed by atoms with van der Waals surface area (Å²) in [4.78, 5) is 13.6. The largest absolute Gasteiger partial charge is 0.353 e. The molecule has 0 aromatic carbocycles. The Morgan fingerprint density at radius 2 is 2.11 bits per heavy atom. The van der Waals surface area contributed by atoms with Crippen molar-refractivity contribution in [2.45, 2.75) is 45.1 Å². The molecule has 0 bridgehead atoms. The minimum absolute atomic E-state index is 0. The number of rotatable bonds is 6. The van der Waals surface area contributed by atoms with Crippen LogP contribution >= 0.6 is 24.8 Å². The van der Waals surface area contributed by atoms with E-state index in [2.05, 4.69) is 17.1 Å². The number of hydrogen-bond donors (Lipinski definition) is 2. The van der Waals surface area contributed by atoms with Crippen molar-refractivity contribution < 1.29 is 4.79 Å². The predicted molar refractivity (Wildman–Crippen MR) is 80.7 cm³/mol. The second-order valence-electron chi connectivity index (χ2n) is 4.55. The quantitative estimate of drug-likeness (QED) is 0.782. The topological polar surface area (TPSA) is 58.4 Å². The number of likely N-dealkylation sites (tertiary alicyclic amines) is 1. The Balaban J connectivity index is 0. The first-order valence-electron chi connectivity index (χ1n) is 6.48. The summed E-state index contributed by atoms with van der Waals surface area (Å²) in [6.45, 7) is 5.43. The maximum Gasteiger partial charge on any atom is 0.233 e. The number of hydrogen-bond acceptors (Lipinski definition) is 3. The molecular weight excluding hydrogens is 273 g/mol. The van der Waals surface area contributed by atoms with Gasteiger partial charge in [-0.25, -0.2) is 0 Å². The van der Waals surface area contributed by atoms with E-state index >= 15 is 0 Å². The van der Waals surface area contributed by atoms with Gasteiger partial charge < -0.3 is 11.1 Å². The highest BCUT2D eigenvalue weighted by Crippen LogP contribution is 2.16. The summed E-state index contributed by atoms with van der Waals surface area (Å²) >= 11 is 0. The van der Waals surface area contributed by atoms with Gasteiger partial charge in [0.2, 0.25) is 5.91 Å². The van der Waals surface area contributed by atoms with Crippen LogP contribution in [0.3, 0.4) is 0 Å². The lowest BCUT2D eigenvalue weighted by Gasteiger charge is -2.35. The van der Waals surface area contributed by atoms with Gasteiger partial charge in [-0.05, 0) is 32.4 Å². The molecule has 0 spiro atoms. The van der Waals surface area contributed by atoms with Gasteiger partial charge in [-0.2, -0.15) is 0 Å². The van der Waals surface area contributed by atoms with Gasteiger partial charge in [0.15, 0.2) is 0 Å². The summed E-state index contributed by atoms with van der Waals surface area (Å²) in [7, 11) is 0.